The van der Waals surface area contributed by atoms with E-state index in [0.29, 0.717) is 28.5 Å². The van der Waals surface area contributed by atoms with Gasteiger partial charge in [0.2, 0.25) is 0 Å². The fourth-order valence-corrected chi connectivity index (χ4v) is 2.68. The van der Waals surface area contributed by atoms with Crippen LogP contribution in [0.4, 0.5) is 13.2 Å². The summed E-state index contributed by atoms with van der Waals surface area (Å²) in [6.45, 7) is 0. The van der Waals surface area contributed by atoms with Gasteiger partial charge in [-0.15, -0.1) is 0 Å². The minimum absolute atomic E-state index is 0.0667. The summed E-state index contributed by atoms with van der Waals surface area (Å²) in [5, 5.41) is 9.49. The number of halogens is 3. The Morgan fingerprint density at radius 3 is 2.30 bits per heavy atom. The third kappa shape index (κ3) is 4.33. The summed E-state index contributed by atoms with van der Waals surface area (Å²) in [5.41, 5.74) is 0.893. The number of methoxy groups -OCH3 is 1. The van der Waals surface area contributed by atoms with Gasteiger partial charge in [-0.25, -0.2) is 18.0 Å². The number of allylic oxidation sites excluding steroid dienone is 1. The van der Waals surface area contributed by atoms with E-state index in [0.717, 1.165) is 6.07 Å². The molecular weight excluding hydrogens is 395 g/mol. The second kappa shape index (κ2) is 8.97. The summed E-state index contributed by atoms with van der Waals surface area (Å²) in [5.74, 6) is -5.31. The first kappa shape index (κ1) is 20.7. The van der Waals surface area contributed by atoms with Crippen molar-refractivity contribution in [2.75, 3.05) is 7.11 Å². The molecule has 3 aromatic rings. The molecule has 0 aliphatic rings. The van der Waals surface area contributed by atoms with Gasteiger partial charge >= 0.3 is 5.97 Å². The van der Waals surface area contributed by atoms with Crippen molar-refractivity contribution in [2.24, 2.45) is 0 Å². The number of esters is 1. The molecule has 3 rings (SSSR count). The summed E-state index contributed by atoms with van der Waals surface area (Å²) in [4.78, 5) is 12.0. The van der Waals surface area contributed by atoms with Crippen LogP contribution >= 0.6 is 0 Å². The third-order valence-electron chi connectivity index (χ3n) is 4.17. The monoisotopic (exact) mass is 409 g/mol. The molecule has 0 unspecified atom stereocenters. The van der Waals surface area contributed by atoms with Gasteiger partial charge in [-0.05, 0) is 48.0 Å². The van der Waals surface area contributed by atoms with Gasteiger partial charge in [0, 0.05) is 5.56 Å². The van der Waals surface area contributed by atoms with Crippen LogP contribution in [0, 0.1) is 28.8 Å². The van der Waals surface area contributed by atoms with Crippen LogP contribution in [0.3, 0.4) is 0 Å². The summed E-state index contributed by atoms with van der Waals surface area (Å²) in [6, 6.07) is 16.6. The molecule has 0 N–H and O–H groups in total. The predicted octanol–water partition coefficient (Wildman–Crippen LogP) is 5.40. The lowest BCUT2D eigenvalue weighted by atomic mass is 10.0. The minimum Gasteiger partial charge on any atom is -0.496 e. The first-order valence-corrected chi connectivity index (χ1v) is 8.65. The highest BCUT2D eigenvalue weighted by molar-refractivity contribution is 5.92. The topological polar surface area (TPSA) is 59.3 Å². The number of rotatable bonds is 5. The van der Waals surface area contributed by atoms with Crippen LogP contribution in [-0.4, -0.2) is 13.1 Å². The number of hydrogen-bond acceptors (Lipinski definition) is 4. The first-order chi connectivity index (χ1) is 14.4. The number of carbonyl (C=O) groups excluding carboxylic acids is 1. The van der Waals surface area contributed by atoms with E-state index < -0.39 is 29.0 Å². The number of para-hydroxylation sites is 1. The van der Waals surface area contributed by atoms with Gasteiger partial charge in [-0.1, -0.05) is 24.3 Å². The maximum absolute atomic E-state index is 13.7. The molecule has 150 valence electrons. The highest BCUT2D eigenvalue weighted by Gasteiger charge is 2.20. The quantitative estimate of drug-likeness (QED) is 0.186. The standard InChI is InChI=1S/C23H14F3NO3/c1-29-20-5-3-2-4-17(20)15(13-27)12-14-6-8-16(9-7-14)30-23(28)18-10-11-19(24)22(26)21(18)25/h2-12H,1H3/b15-12-. The van der Waals surface area contributed by atoms with Gasteiger partial charge in [-0.3, -0.25) is 0 Å². The number of hydrogen-bond donors (Lipinski definition) is 0. The van der Waals surface area contributed by atoms with E-state index in [-0.39, 0.29) is 5.75 Å². The SMILES string of the molecule is COc1ccccc1/C(C#N)=C\c1ccc(OC(=O)c2ccc(F)c(F)c2F)cc1. The second-order valence-electron chi connectivity index (χ2n) is 6.05. The smallest absolute Gasteiger partial charge is 0.346 e. The van der Waals surface area contributed by atoms with E-state index in [4.69, 9.17) is 9.47 Å². The van der Waals surface area contributed by atoms with Crippen molar-refractivity contribution in [1.29, 1.82) is 5.26 Å². The molecule has 0 fully saturated rings. The van der Waals surface area contributed by atoms with E-state index >= 15 is 0 Å². The van der Waals surface area contributed by atoms with E-state index in [1.54, 1.807) is 42.5 Å². The maximum Gasteiger partial charge on any atom is 0.346 e. The van der Waals surface area contributed by atoms with E-state index in [2.05, 4.69) is 6.07 Å². The molecule has 0 heterocycles. The zero-order valence-corrected chi connectivity index (χ0v) is 15.7. The number of carbonyl (C=O) groups is 1. The zero-order valence-electron chi connectivity index (χ0n) is 15.7. The molecule has 0 saturated heterocycles. The lowest BCUT2D eigenvalue weighted by Gasteiger charge is -2.08. The highest BCUT2D eigenvalue weighted by atomic mass is 19.2. The lowest BCUT2D eigenvalue weighted by Crippen LogP contribution is -2.12. The molecule has 7 heteroatoms. The van der Waals surface area contributed by atoms with Crippen LogP contribution in [0.5, 0.6) is 11.5 Å². The van der Waals surface area contributed by atoms with Crippen LogP contribution in [0.2, 0.25) is 0 Å². The molecule has 3 aromatic carbocycles. The Labute approximate surface area is 170 Å². The van der Waals surface area contributed by atoms with Gasteiger partial charge in [0.25, 0.3) is 0 Å². The fraction of sp³-hybridized carbons (Fsp3) is 0.0435. The Hall–Kier alpha value is -4.05. The molecule has 0 aliphatic carbocycles. The number of benzene rings is 3. The normalized spacial score (nSPS) is 11.0. The van der Waals surface area contributed by atoms with Crippen molar-refractivity contribution < 1.29 is 27.4 Å². The van der Waals surface area contributed by atoms with Crippen molar-refractivity contribution in [3.63, 3.8) is 0 Å². The molecule has 0 aliphatic heterocycles. The average molecular weight is 409 g/mol. The zero-order chi connectivity index (χ0) is 21.7. The van der Waals surface area contributed by atoms with Crippen molar-refractivity contribution in [1.82, 2.24) is 0 Å². The Balaban J connectivity index is 1.81. The van der Waals surface area contributed by atoms with Crippen molar-refractivity contribution >= 4 is 17.6 Å². The van der Waals surface area contributed by atoms with E-state index in [1.165, 1.54) is 19.2 Å². The Bertz CT molecular complexity index is 1170. The summed E-state index contributed by atoms with van der Waals surface area (Å²) in [6.07, 6.45) is 1.62. The largest absolute Gasteiger partial charge is 0.496 e. The summed E-state index contributed by atoms with van der Waals surface area (Å²) < 4.78 is 50.3. The molecule has 0 bridgehead atoms. The number of nitrogens with zero attached hydrogens (tertiary/aromatic N) is 1. The van der Waals surface area contributed by atoms with Crippen molar-refractivity contribution in [3.05, 3.63) is 94.8 Å². The minimum atomic E-state index is -1.75. The van der Waals surface area contributed by atoms with Gasteiger partial charge in [-0.2, -0.15) is 5.26 Å². The molecule has 0 atom stereocenters. The van der Waals surface area contributed by atoms with Crippen LogP contribution < -0.4 is 9.47 Å². The van der Waals surface area contributed by atoms with Crippen LogP contribution in [0.25, 0.3) is 11.6 Å². The van der Waals surface area contributed by atoms with Crippen molar-refractivity contribution in [2.45, 2.75) is 0 Å². The van der Waals surface area contributed by atoms with Gasteiger partial charge < -0.3 is 9.47 Å². The molecule has 0 aromatic heterocycles. The first-order valence-electron chi connectivity index (χ1n) is 8.65. The van der Waals surface area contributed by atoms with Gasteiger partial charge in [0.05, 0.1) is 24.3 Å². The second-order valence-corrected chi connectivity index (χ2v) is 6.05. The lowest BCUT2D eigenvalue weighted by molar-refractivity contribution is 0.0728. The average Bonchev–Trinajstić information content (AvgIpc) is 2.77. The van der Waals surface area contributed by atoms with Crippen LogP contribution in [0.1, 0.15) is 21.5 Å². The molecule has 0 spiro atoms. The van der Waals surface area contributed by atoms with E-state index in [1.807, 2.05) is 0 Å². The van der Waals surface area contributed by atoms with Crippen LogP contribution in [0.15, 0.2) is 60.7 Å². The summed E-state index contributed by atoms with van der Waals surface area (Å²) in [7, 11) is 1.51. The predicted molar refractivity (Wildman–Crippen MR) is 104 cm³/mol. The molecule has 0 radical (unpaired) electrons. The Kier molecular flexibility index (Phi) is 6.18. The van der Waals surface area contributed by atoms with Gasteiger partial charge in [0.1, 0.15) is 11.5 Å². The number of ether oxygens (including phenoxy) is 2. The maximum atomic E-state index is 13.7. The van der Waals surface area contributed by atoms with Gasteiger partial charge in [0.15, 0.2) is 17.5 Å². The molecule has 30 heavy (non-hydrogen) atoms. The van der Waals surface area contributed by atoms with E-state index in [9.17, 15) is 23.2 Å². The molecule has 4 nitrogen and oxygen atoms in total. The summed E-state index contributed by atoms with van der Waals surface area (Å²) >= 11 is 0. The Morgan fingerprint density at radius 1 is 0.933 bits per heavy atom. The third-order valence-corrected chi connectivity index (χ3v) is 4.17. The Morgan fingerprint density at radius 2 is 1.63 bits per heavy atom. The van der Waals surface area contributed by atoms with Crippen LogP contribution in [-0.2, 0) is 0 Å². The molecule has 0 saturated carbocycles. The molecule has 0 amide bonds. The van der Waals surface area contributed by atoms with Crippen molar-refractivity contribution in [3.8, 4) is 17.6 Å². The highest BCUT2D eigenvalue weighted by Crippen LogP contribution is 2.27. The fourth-order valence-electron chi connectivity index (χ4n) is 2.68. The molecular formula is C23H14F3NO3. The number of nitriles is 1.